The van der Waals surface area contributed by atoms with Crippen LogP contribution < -0.4 is 10.6 Å². The summed E-state index contributed by atoms with van der Waals surface area (Å²) in [5.41, 5.74) is 1.73. The zero-order chi connectivity index (χ0) is 15.0. The second kappa shape index (κ2) is 7.85. The molecule has 1 amide bonds. The van der Waals surface area contributed by atoms with E-state index in [9.17, 15) is 4.79 Å². The highest BCUT2D eigenvalue weighted by Gasteiger charge is 2.07. The van der Waals surface area contributed by atoms with Crippen molar-refractivity contribution in [3.05, 3.63) is 35.4 Å². The van der Waals surface area contributed by atoms with E-state index in [1.807, 2.05) is 24.3 Å². The summed E-state index contributed by atoms with van der Waals surface area (Å²) in [5, 5.41) is 6.12. The quantitative estimate of drug-likeness (QED) is 0.481. The number of rotatable bonds is 4. The lowest BCUT2D eigenvalue weighted by Crippen LogP contribution is -2.36. The van der Waals surface area contributed by atoms with Gasteiger partial charge in [-0.1, -0.05) is 18.1 Å². The Kier molecular flexibility index (Phi) is 6.11. The average Bonchev–Trinajstić information content (AvgIpc) is 2.47. The van der Waals surface area contributed by atoms with Crippen molar-refractivity contribution < 1.29 is 4.79 Å². The van der Waals surface area contributed by atoms with E-state index in [1.165, 1.54) is 0 Å². The maximum Gasteiger partial charge on any atom is 0.253 e. The molecule has 0 aliphatic rings. The van der Waals surface area contributed by atoms with Crippen LogP contribution in [0.1, 0.15) is 15.9 Å². The number of benzene rings is 1. The number of aliphatic imine (C=N–C) groups is 1. The van der Waals surface area contributed by atoms with Gasteiger partial charge in [0.05, 0.1) is 6.54 Å². The highest BCUT2D eigenvalue weighted by Crippen LogP contribution is 2.06. The van der Waals surface area contributed by atoms with Gasteiger partial charge in [-0.15, -0.1) is 6.42 Å². The van der Waals surface area contributed by atoms with Crippen LogP contribution in [0.2, 0.25) is 0 Å². The van der Waals surface area contributed by atoms with Gasteiger partial charge in [0.25, 0.3) is 5.91 Å². The lowest BCUT2D eigenvalue weighted by atomic mass is 10.1. The molecule has 1 rings (SSSR count). The van der Waals surface area contributed by atoms with Crippen LogP contribution in [0.15, 0.2) is 29.3 Å². The summed E-state index contributed by atoms with van der Waals surface area (Å²) in [6.45, 7) is 1.04. The molecular weight excluding hydrogens is 252 g/mol. The van der Waals surface area contributed by atoms with Crippen molar-refractivity contribution in [1.29, 1.82) is 0 Å². The third-order valence-corrected chi connectivity index (χ3v) is 2.65. The van der Waals surface area contributed by atoms with E-state index in [0.717, 1.165) is 5.56 Å². The number of amides is 1. The molecule has 2 N–H and O–H groups in total. The predicted octanol–water partition coefficient (Wildman–Crippen LogP) is 0.687. The largest absolute Gasteiger partial charge is 0.352 e. The van der Waals surface area contributed by atoms with Crippen LogP contribution in [0.3, 0.4) is 0 Å². The minimum Gasteiger partial charge on any atom is -0.352 e. The van der Waals surface area contributed by atoms with Gasteiger partial charge in [0, 0.05) is 33.3 Å². The molecule has 5 nitrogen and oxygen atoms in total. The van der Waals surface area contributed by atoms with E-state index >= 15 is 0 Å². The number of guanidine groups is 1. The molecular formula is C15H20N4O. The zero-order valence-corrected chi connectivity index (χ0v) is 12.1. The molecule has 0 fully saturated rings. The van der Waals surface area contributed by atoms with Crippen LogP contribution in [0.25, 0.3) is 0 Å². The first-order chi connectivity index (χ1) is 9.58. The average molecular weight is 272 g/mol. The van der Waals surface area contributed by atoms with Crippen LogP contribution in [-0.4, -0.2) is 44.5 Å². The molecule has 0 bridgehead atoms. The molecule has 5 heteroatoms. The number of terminal acetylenes is 1. The lowest BCUT2D eigenvalue weighted by Gasteiger charge is -2.12. The van der Waals surface area contributed by atoms with Crippen LogP contribution in [0, 0.1) is 12.3 Å². The summed E-state index contributed by atoms with van der Waals surface area (Å²) in [7, 11) is 5.16. The summed E-state index contributed by atoms with van der Waals surface area (Å²) < 4.78 is 0. The smallest absolute Gasteiger partial charge is 0.253 e. The summed E-state index contributed by atoms with van der Waals surface area (Å²) in [6.07, 6.45) is 5.18. The van der Waals surface area contributed by atoms with Gasteiger partial charge in [0.1, 0.15) is 0 Å². The van der Waals surface area contributed by atoms with Crippen LogP contribution in [0.4, 0.5) is 0 Å². The van der Waals surface area contributed by atoms with Crippen LogP contribution in [0.5, 0.6) is 0 Å². The fraction of sp³-hybridized carbons (Fsp3) is 0.333. The number of nitrogens with zero attached hydrogens (tertiary/aromatic N) is 2. The topological polar surface area (TPSA) is 56.7 Å². The zero-order valence-electron chi connectivity index (χ0n) is 12.1. The van der Waals surface area contributed by atoms with Gasteiger partial charge in [0.2, 0.25) is 0 Å². The Labute approximate surface area is 120 Å². The van der Waals surface area contributed by atoms with Gasteiger partial charge >= 0.3 is 0 Å². The third kappa shape index (κ3) is 4.65. The monoisotopic (exact) mass is 272 g/mol. The Bertz CT molecular complexity index is 512. The van der Waals surface area contributed by atoms with E-state index in [4.69, 9.17) is 6.42 Å². The van der Waals surface area contributed by atoms with Crippen molar-refractivity contribution in [2.24, 2.45) is 4.99 Å². The van der Waals surface area contributed by atoms with Gasteiger partial charge < -0.3 is 15.5 Å². The van der Waals surface area contributed by atoms with E-state index in [2.05, 4.69) is 21.5 Å². The molecule has 0 saturated carbocycles. The minimum atomic E-state index is -0.00370. The summed E-state index contributed by atoms with van der Waals surface area (Å²) in [5.74, 6) is 3.13. The van der Waals surface area contributed by atoms with E-state index in [0.29, 0.717) is 24.6 Å². The van der Waals surface area contributed by atoms with Gasteiger partial charge in [-0.3, -0.25) is 9.79 Å². The maximum atomic E-state index is 11.7. The van der Waals surface area contributed by atoms with Crippen molar-refractivity contribution in [2.75, 3.05) is 27.7 Å². The second-order valence-electron chi connectivity index (χ2n) is 4.38. The molecule has 0 aliphatic carbocycles. The van der Waals surface area contributed by atoms with Gasteiger partial charge in [-0.25, -0.2) is 0 Å². The second-order valence-corrected chi connectivity index (χ2v) is 4.38. The van der Waals surface area contributed by atoms with Crippen molar-refractivity contribution >= 4 is 11.9 Å². The fourth-order valence-electron chi connectivity index (χ4n) is 1.56. The molecule has 1 aromatic carbocycles. The molecule has 106 valence electrons. The Balaban J connectivity index is 2.58. The Morgan fingerprint density at radius 1 is 1.30 bits per heavy atom. The Morgan fingerprint density at radius 3 is 2.45 bits per heavy atom. The fourth-order valence-corrected chi connectivity index (χ4v) is 1.56. The first-order valence-electron chi connectivity index (χ1n) is 6.27. The first kappa shape index (κ1) is 15.6. The molecule has 0 atom stereocenters. The lowest BCUT2D eigenvalue weighted by molar-refractivity contribution is 0.0827. The van der Waals surface area contributed by atoms with E-state index < -0.39 is 0 Å². The first-order valence-corrected chi connectivity index (χ1v) is 6.27. The van der Waals surface area contributed by atoms with Gasteiger partial charge in [-0.05, 0) is 17.7 Å². The molecule has 0 aromatic heterocycles. The SMILES string of the molecule is C#CCNC(=NC)NCc1ccc(C(=O)N(C)C)cc1. The maximum absolute atomic E-state index is 11.7. The van der Waals surface area contributed by atoms with E-state index in [-0.39, 0.29) is 5.91 Å². The Hall–Kier alpha value is -2.48. The normalized spacial score (nSPS) is 10.6. The van der Waals surface area contributed by atoms with Crippen LogP contribution >= 0.6 is 0 Å². The van der Waals surface area contributed by atoms with Gasteiger partial charge in [-0.2, -0.15) is 0 Å². The van der Waals surface area contributed by atoms with Crippen molar-refractivity contribution in [3.8, 4) is 12.3 Å². The molecule has 0 heterocycles. The molecule has 20 heavy (non-hydrogen) atoms. The highest BCUT2D eigenvalue weighted by atomic mass is 16.2. The number of carbonyl (C=O) groups excluding carboxylic acids is 1. The van der Waals surface area contributed by atoms with Crippen molar-refractivity contribution in [3.63, 3.8) is 0 Å². The van der Waals surface area contributed by atoms with Crippen molar-refractivity contribution in [2.45, 2.75) is 6.54 Å². The molecule has 0 radical (unpaired) electrons. The molecule has 0 spiro atoms. The highest BCUT2D eigenvalue weighted by molar-refractivity contribution is 5.93. The summed E-state index contributed by atoms with van der Waals surface area (Å²) in [4.78, 5) is 17.4. The molecule has 0 aliphatic heterocycles. The molecule has 1 aromatic rings. The summed E-state index contributed by atoms with van der Waals surface area (Å²) >= 11 is 0. The van der Waals surface area contributed by atoms with Crippen molar-refractivity contribution in [1.82, 2.24) is 15.5 Å². The number of hydrogen-bond donors (Lipinski definition) is 2. The van der Waals surface area contributed by atoms with Gasteiger partial charge in [0.15, 0.2) is 5.96 Å². The number of nitrogens with one attached hydrogen (secondary N) is 2. The summed E-state index contributed by atoms with van der Waals surface area (Å²) in [6, 6.07) is 7.46. The third-order valence-electron chi connectivity index (χ3n) is 2.65. The predicted molar refractivity (Wildman–Crippen MR) is 81.5 cm³/mol. The number of hydrogen-bond acceptors (Lipinski definition) is 2. The Morgan fingerprint density at radius 2 is 1.95 bits per heavy atom. The molecule has 0 saturated heterocycles. The standard InChI is InChI=1S/C15H20N4O/c1-5-10-17-15(16-2)18-11-12-6-8-13(9-7-12)14(20)19(3)4/h1,6-9H,10-11H2,2-4H3,(H2,16,17,18). The number of carbonyl (C=O) groups is 1. The van der Waals surface area contributed by atoms with E-state index in [1.54, 1.807) is 26.0 Å². The molecule has 0 unspecified atom stereocenters. The minimum absolute atomic E-state index is 0.00370. The van der Waals surface area contributed by atoms with Crippen LogP contribution in [-0.2, 0) is 6.54 Å².